The van der Waals surface area contributed by atoms with Gasteiger partial charge in [-0.2, -0.15) is 0 Å². The summed E-state index contributed by atoms with van der Waals surface area (Å²) in [5.41, 5.74) is 4.59. The number of carbonyl (C=O) groups excluding carboxylic acids is 1. The Morgan fingerprint density at radius 3 is 2.59 bits per heavy atom. The first kappa shape index (κ1) is 22.3. The zero-order valence-electron chi connectivity index (χ0n) is 18.8. The predicted molar refractivity (Wildman–Crippen MR) is 138 cm³/mol. The van der Waals surface area contributed by atoms with E-state index in [0.29, 0.717) is 12.3 Å². The number of pyridine rings is 1. The van der Waals surface area contributed by atoms with Crippen molar-refractivity contribution in [2.45, 2.75) is 31.2 Å². The lowest BCUT2D eigenvalue weighted by Gasteiger charge is -2.37. The van der Waals surface area contributed by atoms with E-state index in [1.807, 2.05) is 53.4 Å². The molecule has 5 rings (SSSR count). The van der Waals surface area contributed by atoms with Crippen LogP contribution in [0.2, 0.25) is 0 Å². The maximum Gasteiger partial charge on any atom is 0.238 e. The third-order valence-corrected chi connectivity index (χ3v) is 7.31. The fourth-order valence-corrected chi connectivity index (χ4v) is 5.39. The number of hydrogen-bond donors (Lipinski definition) is 2. The van der Waals surface area contributed by atoms with Gasteiger partial charge in [-0.25, -0.2) is 0 Å². The van der Waals surface area contributed by atoms with Crippen LogP contribution in [0.5, 0.6) is 5.75 Å². The van der Waals surface area contributed by atoms with Crippen LogP contribution in [0.1, 0.15) is 36.0 Å². The Labute approximate surface area is 207 Å². The maximum absolute atomic E-state index is 13.7. The van der Waals surface area contributed by atoms with Gasteiger partial charge in [0.25, 0.3) is 0 Å². The predicted octanol–water partition coefficient (Wildman–Crippen LogP) is 5.81. The Morgan fingerprint density at radius 1 is 1.21 bits per heavy atom. The molecule has 7 heteroatoms. The fourth-order valence-electron chi connectivity index (χ4n) is 4.71. The van der Waals surface area contributed by atoms with Gasteiger partial charge in [0.2, 0.25) is 5.91 Å². The summed E-state index contributed by atoms with van der Waals surface area (Å²) in [4.78, 5) is 19.6. The van der Waals surface area contributed by atoms with E-state index in [-0.39, 0.29) is 5.91 Å². The quantitative estimate of drug-likeness (QED) is 0.388. The molecule has 0 atom stereocenters. The standard InChI is InChI=1S/C27H25BrN4O2/c1-34-21-5-3-18(4-6-21)17-32-25-22(27(26(32)33)10-2-11-27)15-19(16-23(25)28)24(29)9-14-31-20-7-12-30-13-8-20/h3-9,12-16,29H,2,10-11,17H2,1H3,(H,30,31)/b14-9-,29-24?. The minimum atomic E-state index is -0.473. The molecule has 0 unspecified atom stereocenters. The summed E-state index contributed by atoms with van der Waals surface area (Å²) in [5.74, 6) is 0.951. The molecule has 1 aromatic heterocycles. The second-order valence-corrected chi connectivity index (χ2v) is 9.51. The first-order valence-electron chi connectivity index (χ1n) is 11.2. The van der Waals surface area contributed by atoms with E-state index in [2.05, 4.69) is 26.2 Å². The molecule has 0 bridgehead atoms. The molecular formula is C27H25BrN4O2. The molecule has 2 aliphatic rings. The van der Waals surface area contributed by atoms with Crippen molar-refractivity contribution in [3.05, 3.63) is 94.4 Å². The second kappa shape index (κ2) is 9.06. The number of nitrogens with zero attached hydrogens (tertiary/aromatic N) is 2. The van der Waals surface area contributed by atoms with E-state index in [4.69, 9.17) is 10.1 Å². The number of carbonyl (C=O) groups is 1. The van der Waals surface area contributed by atoms with E-state index in [0.717, 1.165) is 57.5 Å². The van der Waals surface area contributed by atoms with Crippen LogP contribution in [-0.4, -0.2) is 23.7 Å². The summed E-state index contributed by atoms with van der Waals surface area (Å²) in [5, 5.41) is 11.8. The summed E-state index contributed by atoms with van der Waals surface area (Å²) in [6.07, 6.45) is 9.64. The summed E-state index contributed by atoms with van der Waals surface area (Å²) in [6.45, 7) is 0.503. The largest absolute Gasteiger partial charge is 0.497 e. The number of hydrogen-bond acceptors (Lipinski definition) is 5. The smallest absolute Gasteiger partial charge is 0.238 e. The molecule has 2 N–H and O–H groups in total. The van der Waals surface area contributed by atoms with E-state index < -0.39 is 5.41 Å². The molecule has 0 saturated heterocycles. The molecule has 1 spiro atoms. The van der Waals surface area contributed by atoms with Crippen molar-refractivity contribution < 1.29 is 9.53 Å². The van der Waals surface area contributed by atoms with Gasteiger partial charge in [-0.1, -0.05) is 18.6 Å². The van der Waals surface area contributed by atoms with Crippen molar-refractivity contribution in [1.82, 2.24) is 4.98 Å². The van der Waals surface area contributed by atoms with Crippen molar-refractivity contribution in [3.8, 4) is 5.75 Å². The van der Waals surface area contributed by atoms with Crippen molar-refractivity contribution in [3.63, 3.8) is 0 Å². The molecule has 2 aromatic carbocycles. The number of fused-ring (bicyclic) bond motifs is 2. The number of anilines is 2. The van der Waals surface area contributed by atoms with Crippen LogP contribution >= 0.6 is 15.9 Å². The highest BCUT2D eigenvalue weighted by molar-refractivity contribution is 9.10. The van der Waals surface area contributed by atoms with Crippen LogP contribution in [0.25, 0.3) is 0 Å². The molecule has 1 saturated carbocycles. The lowest BCUT2D eigenvalue weighted by molar-refractivity contribution is -0.126. The van der Waals surface area contributed by atoms with Gasteiger partial charge < -0.3 is 20.4 Å². The molecule has 3 aromatic rings. The first-order chi connectivity index (χ1) is 16.5. The molecule has 1 aliphatic carbocycles. The molecular weight excluding hydrogens is 492 g/mol. The molecule has 1 aliphatic heterocycles. The number of benzene rings is 2. The van der Waals surface area contributed by atoms with Gasteiger partial charge in [0.05, 0.1) is 30.5 Å². The third kappa shape index (κ3) is 3.90. The van der Waals surface area contributed by atoms with Crippen LogP contribution in [0, 0.1) is 5.41 Å². The average Bonchev–Trinajstić information content (AvgIpc) is 3.08. The normalized spacial score (nSPS) is 15.9. The fraction of sp³-hybridized carbons (Fsp3) is 0.222. The number of methoxy groups -OCH3 is 1. The zero-order chi connectivity index (χ0) is 23.7. The topological polar surface area (TPSA) is 78.3 Å². The summed E-state index contributed by atoms with van der Waals surface area (Å²) in [7, 11) is 1.65. The highest BCUT2D eigenvalue weighted by Crippen LogP contribution is 2.56. The van der Waals surface area contributed by atoms with Gasteiger partial charge in [-0.05, 0) is 82.4 Å². The zero-order valence-corrected chi connectivity index (χ0v) is 20.4. The maximum atomic E-state index is 13.7. The number of rotatable bonds is 7. The van der Waals surface area contributed by atoms with Crippen LogP contribution < -0.4 is 15.0 Å². The summed E-state index contributed by atoms with van der Waals surface area (Å²) < 4.78 is 6.10. The third-order valence-electron chi connectivity index (χ3n) is 6.70. The molecule has 0 radical (unpaired) electrons. The van der Waals surface area contributed by atoms with Gasteiger partial charge in [0, 0.05) is 34.3 Å². The number of allylic oxidation sites excluding steroid dienone is 1. The number of halogens is 1. The van der Waals surface area contributed by atoms with Crippen LogP contribution in [-0.2, 0) is 16.8 Å². The van der Waals surface area contributed by atoms with Crippen molar-refractivity contribution in [2.24, 2.45) is 0 Å². The second-order valence-electron chi connectivity index (χ2n) is 8.66. The molecule has 1 fully saturated rings. The van der Waals surface area contributed by atoms with Crippen LogP contribution in [0.3, 0.4) is 0 Å². The molecule has 34 heavy (non-hydrogen) atoms. The van der Waals surface area contributed by atoms with Gasteiger partial charge >= 0.3 is 0 Å². The number of amides is 1. The Bertz CT molecular complexity index is 1270. The molecule has 1 amide bonds. The van der Waals surface area contributed by atoms with Crippen molar-refractivity contribution in [1.29, 1.82) is 5.41 Å². The van der Waals surface area contributed by atoms with E-state index in [1.54, 1.807) is 31.8 Å². The Kier molecular flexibility index (Phi) is 5.96. The Balaban J connectivity index is 1.44. The van der Waals surface area contributed by atoms with E-state index >= 15 is 0 Å². The van der Waals surface area contributed by atoms with Gasteiger partial charge in [0.1, 0.15) is 5.75 Å². The van der Waals surface area contributed by atoms with Crippen LogP contribution in [0.4, 0.5) is 11.4 Å². The highest BCUT2D eigenvalue weighted by Gasteiger charge is 2.55. The number of aromatic nitrogens is 1. The number of nitrogens with one attached hydrogen (secondary N) is 2. The van der Waals surface area contributed by atoms with Crippen LogP contribution in [0.15, 0.2) is 77.7 Å². The SMILES string of the molecule is COc1ccc(CN2C(=O)C3(CCC3)c3cc(C(=N)/C=C\Nc4ccncc4)cc(Br)c32)cc1. The lowest BCUT2D eigenvalue weighted by Crippen LogP contribution is -2.44. The molecule has 172 valence electrons. The summed E-state index contributed by atoms with van der Waals surface area (Å²) >= 11 is 3.72. The minimum absolute atomic E-state index is 0.156. The van der Waals surface area contributed by atoms with Gasteiger partial charge in [-0.3, -0.25) is 9.78 Å². The highest BCUT2D eigenvalue weighted by atomic mass is 79.9. The molecule has 6 nitrogen and oxygen atoms in total. The van der Waals surface area contributed by atoms with Crippen molar-refractivity contribution >= 4 is 38.9 Å². The van der Waals surface area contributed by atoms with Crippen molar-refractivity contribution in [2.75, 3.05) is 17.3 Å². The Morgan fingerprint density at radius 2 is 1.94 bits per heavy atom. The van der Waals surface area contributed by atoms with E-state index in [1.165, 1.54) is 0 Å². The Hall–Kier alpha value is -3.45. The van der Waals surface area contributed by atoms with Gasteiger partial charge in [-0.15, -0.1) is 0 Å². The van der Waals surface area contributed by atoms with Gasteiger partial charge in [0.15, 0.2) is 0 Å². The monoisotopic (exact) mass is 516 g/mol. The lowest BCUT2D eigenvalue weighted by atomic mass is 9.65. The minimum Gasteiger partial charge on any atom is -0.497 e. The first-order valence-corrected chi connectivity index (χ1v) is 12.0. The number of ether oxygens (including phenoxy) is 1. The molecule has 2 heterocycles. The average molecular weight is 517 g/mol. The van der Waals surface area contributed by atoms with E-state index in [9.17, 15) is 4.79 Å². The summed E-state index contributed by atoms with van der Waals surface area (Å²) in [6, 6.07) is 15.5.